The van der Waals surface area contributed by atoms with Crippen molar-refractivity contribution in [2.45, 2.75) is 25.0 Å². The molecular formula is C14H22O6S. The molecule has 0 amide bonds. The van der Waals surface area contributed by atoms with E-state index in [4.69, 9.17) is 14.4 Å². The molecule has 0 aromatic rings. The molecule has 0 aliphatic heterocycles. The molecule has 0 fully saturated rings. The number of hydrogen-bond donors (Lipinski definition) is 2. The molecule has 0 saturated carbocycles. The quantitative estimate of drug-likeness (QED) is 0.473. The summed E-state index contributed by atoms with van der Waals surface area (Å²) in [6.07, 6.45) is 8.82. The van der Waals surface area contributed by atoms with E-state index in [2.05, 4.69) is 26.3 Å². The first-order valence-corrected chi connectivity index (χ1v) is 7.60. The third-order valence-corrected chi connectivity index (χ3v) is 2.59. The van der Waals surface area contributed by atoms with E-state index in [9.17, 15) is 13.2 Å². The zero-order valence-corrected chi connectivity index (χ0v) is 12.7. The number of hydrogen-bond acceptors (Lipinski definition) is 4. The van der Waals surface area contributed by atoms with E-state index >= 15 is 0 Å². The van der Waals surface area contributed by atoms with Gasteiger partial charge in [-0.2, -0.15) is 8.42 Å². The third kappa shape index (κ3) is 16.2. The molecule has 0 saturated heterocycles. The van der Waals surface area contributed by atoms with Crippen molar-refractivity contribution in [3.63, 3.8) is 0 Å². The summed E-state index contributed by atoms with van der Waals surface area (Å²) in [6, 6.07) is 0. The van der Waals surface area contributed by atoms with E-state index in [1.807, 2.05) is 12.2 Å². The Morgan fingerprint density at radius 2 is 1.43 bits per heavy atom. The maximum Gasteiger partial charge on any atom is 0.321 e. The fourth-order valence-electron chi connectivity index (χ4n) is 1.12. The van der Waals surface area contributed by atoms with Gasteiger partial charge in [0.2, 0.25) is 0 Å². The topological polar surface area (TPSA) is 101 Å². The van der Waals surface area contributed by atoms with Gasteiger partial charge in [0.1, 0.15) is 0 Å². The molecule has 2 N–H and O–H groups in total. The number of ether oxygens (including phenoxy) is 1. The molecule has 0 aromatic carbocycles. The Morgan fingerprint density at radius 1 is 1.05 bits per heavy atom. The molecule has 6 nitrogen and oxygen atoms in total. The Hall–Kier alpha value is -1.70. The first-order valence-electron chi connectivity index (χ1n) is 5.99. The number of carboxylic acids is 1. The molecule has 21 heavy (non-hydrogen) atoms. The highest BCUT2D eigenvalue weighted by Gasteiger charge is 2.09. The molecule has 0 radical (unpaired) electrons. The average molecular weight is 318 g/mol. The van der Waals surface area contributed by atoms with E-state index in [1.54, 1.807) is 12.2 Å². The van der Waals surface area contributed by atoms with Gasteiger partial charge in [0, 0.05) is 0 Å². The van der Waals surface area contributed by atoms with Crippen LogP contribution < -0.4 is 0 Å². The van der Waals surface area contributed by atoms with Crippen LogP contribution in [0.2, 0.25) is 0 Å². The average Bonchev–Trinajstić information content (AvgIpc) is 2.35. The maximum absolute atomic E-state index is 9.62. The first kappa shape index (κ1) is 21.6. The molecule has 7 heteroatoms. The van der Waals surface area contributed by atoms with Crippen molar-refractivity contribution >= 4 is 16.1 Å². The summed E-state index contributed by atoms with van der Waals surface area (Å²) in [5, 5.41) is 7.71. The lowest BCUT2D eigenvalue weighted by Gasteiger charge is -2.17. The zero-order valence-electron chi connectivity index (χ0n) is 11.8. The molecule has 0 heterocycles. The Labute approximate surface area is 125 Å². The van der Waals surface area contributed by atoms with Crippen LogP contribution in [-0.4, -0.2) is 42.0 Å². The lowest BCUT2D eigenvalue weighted by molar-refractivity contribution is -0.134. The molecule has 0 rings (SSSR count). The van der Waals surface area contributed by atoms with Crippen LogP contribution in [0.4, 0.5) is 0 Å². The van der Waals surface area contributed by atoms with Gasteiger partial charge in [-0.05, 0) is 12.8 Å². The predicted molar refractivity (Wildman–Crippen MR) is 82.7 cm³/mol. The van der Waals surface area contributed by atoms with Gasteiger partial charge >= 0.3 is 5.97 Å². The van der Waals surface area contributed by atoms with Crippen molar-refractivity contribution < 1.29 is 27.6 Å². The maximum atomic E-state index is 9.62. The van der Waals surface area contributed by atoms with Gasteiger partial charge in [-0.1, -0.05) is 24.3 Å². The van der Waals surface area contributed by atoms with Crippen LogP contribution in [0.1, 0.15) is 12.8 Å². The number of carbonyl (C=O) groups is 1. The fraction of sp³-hybridized carbons (Fsp3) is 0.357. The summed E-state index contributed by atoms with van der Waals surface area (Å²) in [6.45, 7) is 14.7. The first-order chi connectivity index (χ1) is 9.69. The van der Waals surface area contributed by atoms with Crippen LogP contribution >= 0.6 is 0 Å². The fourth-order valence-corrected chi connectivity index (χ4v) is 1.44. The largest absolute Gasteiger partial charge is 0.480 e. The van der Waals surface area contributed by atoms with E-state index in [1.165, 1.54) is 0 Å². The van der Waals surface area contributed by atoms with Gasteiger partial charge in [-0.3, -0.25) is 9.35 Å². The van der Waals surface area contributed by atoms with Crippen molar-refractivity contribution in [3.05, 3.63) is 50.6 Å². The normalized spacial score (nSPS) is 13.0. The van der Waals surface area contributed by atoms with Crippen LogP contribution in [0.15, 0.2) is 50.6 Å². The third-order valence-electron chi connectivity index (χ3n) is 1.98. The molecule has 0 spiro atoms. The lowest BCUT2D eigenvalue weighted by Crippen LogP contribution is -2.17. The molecule has 0 aromatic heterocycles. The second-order valence-corrected chi connectivity index (χ2v) is 5.31. The van der Waals surface area contributed by atoms with Crippen molar-refractivity contribution in [2.24, 2.45) is 0 Å². The minimum absolute atomic E-state index is 0.0282. The predicted octanol–water partition coefficient (Wildman–Crippen LogP) is 2.22. The molecule has 0 bridgehead atoms. The van der Waals surface area contributed by atoms with Crippen molar-refractivity contribution in [3.8, 4) is 0 Å². The molecular weight excluding hydrogens is 296 g/mol. The SMILES string of the molecule is C=CCC(C=C)OC(C=C)CC=C.O=C(O)CS(=O)(=O)O. The number of aliphatic carboxylic acids is 1. The van der Waals surface area contributed by atoms with Gasteiger partial charge in [0.25, 0.3) is 10.1 Å². The highest BCUT2D eigenvalue weighted by molar-refractivity contribution is 7.86. The standard InChI is InChI=1S/C12H18O.C2H4O5S/c1-5-9-11(7-3)13-12(8-4)10-6-2;3-2(4)1-8(5,6)7/h5-8,11-12H,1-4,9-10H2;1H2,(H,3,4)(H,5,6,7). The summed E-state index contributed by atoms with van der Waals surface area (Å²) < 4.78 is 32.7. The second kappa shape index (κ2) is 12.1. The molecule has 2 unspecified atom stereocenters. The molecule has 120 valence electrons. The van der Waals surface area contributed by atoms with Gasteiger partial charge < -0.3 is 9.84 Å². The van der Waals surface area contributed by atoms with Crippen LogP contribution in [0.3, 0.4) is 0 Å². The van der Waals surface area contributed by atoms with Crippen LogP contribution in [0, 0.1) is 0 Å². The van der Waals surface area contributed by atoms with Gasteiger partial charge in [0.05, 0.1) is 12.2 Å². The second-order valence-electron chi connectivity index (χ2n) is 3.85. The summed E-state index contributed by atoms with van der Waals surface area (Å²) in [5.41, 5.74) is 0. The molecule has 0 aliphatic rings. The minimum atomic E-state index is -4.32. The Morgan fingerprint density at radius 3 is 1.57 bits per heavy atom. The Balaban J connectivity index is 0. The van der Waals surface area contributed by atoms with E-state index in [0.29, 0.717) is 0 Å². The number of carboxylic acid groups (broad SMARTS) is 1. The van der Waals surface area contributed by atoms with Crippen LogP contribution in [0.25, 0.3) is 0 Å². The molecule has 0 aliphatic carbocycles. The van der Waals surface area contributed by atoms with Gasteiger partial charge in [-0.25, -0.2) is 0 Å². The summed E-state index contributed by atoms with van der Waals surface area (Å²) >= 11 is 0. The summed E-state index contributed by atoms with van der Waals surface area (Å²) in [4.78, 5) is 9.48. The monoisotopic (exact) mass is 318 g/mol. The lowest BCUT2D eigenvalue weighted by atomic mass is 10.2. The van der Waals surface area contributed by atoms with Crippen LogP contribution in [0.5, 0.6) is 0 Å². The molecule has 2 atom stereocenters. The van der Waals surface area contributed by atoms with Crippen molar-refractivity contribution in [2.75, 3.05) is 5.75 Å². The Bertz CT molecular complexity index is 432. The summed E-state index contributed by atoms with van der Waals surface area (Å²) in [7, 11) is -4.32. The summed E-state index contributed by atoms with van der Waals surface area (Å²) in [5.74, 6) is -2.79. The van der Waals surface area contributed by atoms with Crippen molar-refractivity contribution in [1.82, 2.24) is 0 Å². The smallest absolute Gasteiger partial charge is 0.321 e. The van der Waals surface area contributed by atoms with Gasteiger partial charge in [-0.15, -0.1) is 26.3 Å². The van der Waals surface area contributed by atoms with Gasteiger partial charge in [0.15, 0.2) is 5.75 Å². The Kier molecular flexibility index (Phi) is 12.4. The highest BCUT2D eigenvalue weighted by Crippen LogP contribution is 2.09. The minimum Gasteiger partial charge on any atom is -0.480 e. The zero-order chi connectivity index (χ0) is 16.9. The van der Waals surface area contributed by atoms with Crippen LogP contribution in [-0.2, 0) is 19.6 Å². The highest BCUT2D eigenvalue weighted by atomic mass is 32.2. The van der Waals surface area contributed by atoms with E-state index in [0.717, 1.165) is 12.8 Å². The number of rotatable bonds is 10. The van der Waals surface area contributed by atoms with E-state index < -0.39 is 21.8 Å². The van der Waals surface area contributed by atoms with Crippen molar-refractivity contribution in [1.29, 1.82) is 0 Å². The van der Waals surface area contributed by atoms with E-state index in [-0.39, 0.29) is 12.2 Å².